The van der Waals surface area contributed by atoms with E-state index in [4.69, 9.17) is 4.74 Å². The Hall–Kier alpha value is -2.03. The summed E-state index contributed by atoms with van der Waals surface area (Å²) in [6.45, 7) is 2.89. The summed E-state index contributed by atoms with van der Waals surface area (Å²) < 4.78 is 33.1. The van der Waals surface area contributed by atoms with Crippen molar-refractivity contribution in [3.8, 4) is 11.5 Å². The number of thioether (sulfide) groups is 1. The number of benzene rings is 2. The molecule has 2 aromatic rings. The average Bonchev–Trinajstić information content (AvgIpc) is 2.77. The first-order valence-electron chi connectivity index (χ1n) is 8.27. The molecule has 0 aliphatic carbocycles. The van der Waals surface area contributed by atoms with Crippen molar-refractivity contribution in [2.75, 3.05) is 29.9 Å². The highest BCUT2D eigenvalue weighted by Crippen LogP contribution is 2.37. The van der Waals surface area contributed by atoms with Crippen LogP contribution < -0.4 is 10.1 Å². The van der Waals surface area contributed by atoms with Crippen LogP contribution in [0.25, 0.3) is 0 Å². The molecule has 0 spiro atoms. The summed E-state index contributed by atoms with van der Waals surface area (Å²) in [6, 6.07) is 9.96. The molecule has 1 fully saturated rings. The average molecular weight is 390 g/mol. The molecule has 0 saturated carbocycles. The van der Waals surface area contributed by atoms with Crippen molar-refractivity contribution >= 4 is 33.4 Å². The number of nitrogens with one attached hydrogen (secondary N) is 1. The fraction of sp³-hybridized carbons (Fsp3) is 0.278. The first kappa shape index (κ1) is 17.4. The second-order valence-corrected chi connectivity index (χ2v) is 9.39. The predicted octanol–water partition coefficient (Wildman–Crippen LogP) is 3.09. The molecule has 1 saturated heterocycles. The van der Waals surface area contributed by atoms with Gasteiger partial charge in [-0.3, -0.25) is 4.79 Å². The monoisotopic (exact) mass is 390 g/mol. The lowest BCUT2D eigenvalue weighted by molar-refractivity contribution is 0.102. The van der Waals surface area contributed by atoms with Crippen LogP contribution in [0.1, 0.15) is 15.9 Å². The highest BCUT2D eigenvalue weighted by atomic mass is 32.2. The third kappa shape index (κ3) is 3.08. The van der Waals surface area contributed by atoms with Crippen molar-refractivity contribution in [1.82, 2.24) is 4.31 Å². The minimum atomic E-state index is -3.62. The van der Waals surface area contributed by atoms with Crippen molar-refractivity contribution < 1.29 is 17.9 Å². The summed E-state index contributed by atoms with van der Waals surface area (Å²) in [7, 11) is -3.62. The molecule has 1 N–H and O–H groups in total. The van der Waals surface area contributed by atoms with Crippen molar-refractivity contribution in [3.05, 3.63) is 47.5 Å². The normalized spacial score (nSPS) is 17.5. The lowest BCUT2D eigenvalue weighted by Gasteiger charge is -2.25. The number of carbonyl (C=O) groups is 1. The van der Waals surface area contributed by atoms with Gasteiger partial charge >= 0.3 is 0 Å². The molecule has 8 heteroatoms. The van der Waals surface area contributed by atoms with E-state index in [2.05, 4.69) is 5.32 Å². The molecular weight excluding hydrogens is 372 g/mol. The van der Waals surface area contributed by atoms with Gasteiger partial charge in [0, 0.05) is 24.6 Å². The number of fused-ring (bicyclic) bond motifs is 2. The van der Waals surface area contributed by atoms with E-state index in [0.29, 0.717) is 30.3 Å². The fourth-order valence-corrected chi connectivity index (χ4v) is 5.61. The number of nitrogens with zero attached hydrogens (tertiary/aromatic N) is 1. The number of amides is 1. The number of aryl methyl sites for hydroxylation is 1. The third-order valence-electron chi connectivity index (χ3n) is 4.41. The molecule has 0 atom stereocenters. The van der Waals surface area contributed by atoms with Gasteiger partial charge in [-0.1, -0.05) is 6.07 Å². The van der Waals surface area contributed by atoms with Crippen molar-refractivity contribution in [2.45, 2.75) is 11.8 Å². The van der Waals surface area contributed by atoms with E-state index < -0.39 is 10.0 Å². The summed E-state index contributed by atoms with van der Waals surface area (Å²) >= 11 is 1.74. The number of hydrogen-bond acceptors (Lipinski definition) is 5. The molecule has 0 bridgehead atoms. The van der Waals surface area contributed by atoms with Gasteiger partial charge in [0.2, 0.25) is 10.0 Å². The number of hydrogen-bond donors (Lipinski definition) is 1. The van der Waals surface area contributed by atoms with Gasteiger partial charge in [0.05, 0.1) is 16.1 Å². The smallest absolute Gasteiger partial charge is 0.259 e. The van der Waals surface area contributed by atoms with Gasteiger partial charge in [-0.25, -0.2) is 8.42 Å². The van der Waals surface area contributed by atoms with E-state index in [1.807, 2.05) is 19.1 Å². The molecule has 4 rings (SSSR count). The lowest BCUT2D eigenvalue weighted by atomic mass is 10.2. The van der Waals surface area contributed by atoms with Crippen molar-refractivity contribution in [1.29, 1.82) is 0 Å². The topological polar surface area (TPSA) is 75.7 Å². The Bertz CT molecular complexity index is 983. The Kier molecular flexibility index (Phi) is 4.42. The van der Waals surface area contributed by atoms with Crippen LogP contribution in [0.15, 0.2) is 41.3 Å². The Morgan fingerprint density at radius 2 is 1.81 bits per heavy atom. The van der Waals surface area contributed by atoms with E-state index in [-0.39, 0.29) is 16.4 Å². The standard InChI is InChI=1S/C18H18N2O4S2/c1-12-2-4-17-15(10-12)19-18(21)14-11-13(3-5-16(14)24-17)26(22,23)20-6-8-25-9-7-20/h2-5,10-11H,6-9H2,1H3,(H,19,21). The van der Waals surface area contributed by atoms with Crippen molar-refractivity contribution in [2.24, 2.45) is 0 Å². The number of carbonyl (C=O) groups excluding carboxylic acids is 1. The van der Waals surface area contributed by atoms with Crippen LogP contribution in [0.4, 0.5) is 5.69 Å². The molecule has 2 heterocycles. The zero-order chi connectivity index (χ0) is 18.3. The summed E-state index contributed by atoms with van der Waals surface area (Å²) in [5, 5.41) is 2.80. The number of sulfonamides is 1. The molecule has 2 aromatic carbocycles. The zero-order valence-corrected chi connectivity index (χ0v) is 15.8. The molecule has 0 radical (unpaired) electrons. The predicted molar refractivity (Wildman–Crippen MR) is 102 cm³/mol. The molecule has 0 aromatic heterocycles. The van der Waals surface area contributed by atoms with Gasteiger partial charge in [-0.15, -0.1) is 0 Å². The number of ether oxygens (including phenoxy) is 1. The summed E-state index contributed by atoms with van der Waals surface area (Å²) in [6.07, 6.45) is 0. The second kappa shape index (κ2) is 6.61. The third-order valence-corrected chi connectivity index (χ3v) is 7.24. The first-order valence-corrected chi connectivity index (χ1v) is 10.9. The van der Waals surface area contributed by atoms with Crippen LogP contribution in [-0.4, -0.2) is 43.2 Å². The summed E-state index contributed by atoms with van der Waals surface area (Å²) in [5.41, 5.74) is 1.78. The second-order valence-electron chi connectivity index (χ2n) is 6.23. The SMILES string of the molecule is Cc1ccc2c(c1)NC(=O)c1cc(S(=O)(=O)N3CCSCC3)ccc1O2. The maximum atomic E-state index is 12.9. The highest BCUT2D eigenvalue weighted by molar-refractivity contribution is 7.99. The molecule has 6 nitrogen and oxygen atoms in total. The van der Waals surface area contributed by atoms with E-state index >= 15 is 0 Å². The lowest BCUT2D eigenvalue weighted by Crippen LogP contribution is -2.37. The van der Waals surface area contributed by atoms with Crippen LogP contribution in [0.5, 0.6) is 11.5 Å². The van der Waals surface area contributed by atoms with Crippen LogP contribution in [-0.2, 0) is 10.0 Å². The van der Waals surface area contributed by atoms with Crippen LogP contribution >= 0.6 is 11.8 Å². The minimum Gasteiger partial charge on any atom is -0.454 e. The van der Waals surface area contributed by atoms with E-state index in [1.54, 1.807) is 23.9 Å². The van der Waals surface area contributed by atoms with Crippen molar-refractivity contribution in [3.63, 3.8) is 0 Å². The van der Waals surface area contributed by atoms with Gasteiger partial charge in [0.25, 0.3) is 5.91 Å². The Morgan fingerprint density at radius 1 is 1.08 bits per heavy atom. The van der Waals surface area contributed by atoms with Crippen LogP contribution in [0.3, 0.4) is 0 Å². The maximum absolute atomic E-state index is 12.9. The van der Waals surface area contributed by atoms with Gasteiger partial charge in [-0.2, -0.15) is 16.1 Å². The van der Waals surface area contributed by atoms with Gasteiger partial charge < -0.3 is 10.1 Å². The van der Waals surface area contributed by atoms with Crippen LogP contribution in [0, 0.1) is 6.92 Å². The molecule has 26 heavy (non-hydrogen) atoms. The van der Waals surface area contributed by atoms with E-state index in [9.17, 15) is 13.2 Å². The number of rotatable bonds is 2. The first-order chi connectivity index (χ1) is 12.4. The van der Waals surface area contributed by atoms with Crippen LogP contribution in [0.2, 0.25) is 0 Å². The summed E-state index contributed by atoms with van der Waals surface area (Å²) in [4.78, 5) is 12.7. The number of anilines is 1. The maximum Gasteiger partial charge on any atom is 0.259 e. The molecule has 2 aliphatic rings. The molecule has 0 unspecified atom stereocenters. The van der Waals surface area contributed by atoms with E-state index in [0.717, 1.165) is 17.1 Å². The van der Waals surface area contributed by atoms with Gasteiger partial charge in [0.15, 0.2) is 5.75 Å². The quantitative estimate of drug-likeness (QED) is 0.853. The largest absolute Gasteiger partial charge is 0.454 e. The minimum absolute atomic E-state index is 0.115. The Labute approximate surface area is 156 Å². The Balaban J connectivity index is 1.73. The van der Waals surface area contributed by atoms with E-state index in [1.165, 1.54) is 16.4 Å². The molecule has 1 amide bonds. The highest BCUT2D eigenvalue weighted by Gasteiger charge is 2.29. The summed E-state index contributed by atoms with van der Waals surface area (Å²) in [5.74, 6) is 2.06. The Morgan fingerprint density at radius 3 is 2.58 bits per heavy atom. The zero-order valence-electron chi connectivity index (χ0n) is 14.2. The molecular formula is C18H18N2O4S2. The van der Waals surface area contributed by atoms with Gasteiger partial charge in [0.1, 0.15) is 5.75 Å². The molecule has 136 valence electrons. The fourth-order valence-electron chi connectivity index (χ4n) is 3.01. The van der Waals surface area contributed by atoms with Gasteiger partial charge in [-0.05, 0) is 42.8 Å². The molecule has 2 aliphatic heterocycles.